The van der Waals surface area contributed by atoms with Gasteiger partial charge in [0.1, 0.15) is 5.58 Å². The summed E-state index contributed by atoms with van der Waals surface area (Å²) in [6, 6.07) is 7.77. The van der Waals surface area contributed by atoms with Gasteiger partial charge in [0, 0.05) is 18.9 Å². The lowest BCUT2D eigenvalue weighted by Crippen LogP contribution is -2.18. The molecule has 0 saturated heterocycles. The zero-order valence-corrected chi connectivity index (χ0v) is 7.91. The fourth-order valence-corrected chi connectivity index (χ4v) is 1.35. The van der Waals surface area contributed by atoms with E-state index < -0.39 is 0 Å². The minimum atomic E-state index is -0.0164. The number of fused-ring (bicyclic) bond motifs is 1. The number of amides is 1. The Kier molecular flexibility index (Phi) is 2.23. The molecule has 14 heavy (non-hydrogen) atoms. The van der Waals surface area contributed by atoms with Gasteiger partial charge >= 0.3 is 0 Å². The van der Waals surface area contributed by atoms with E-state index in [0.29, 0.717) is 6.54 Å². The summed E-state index contributed by atoms with van der Waals surface area (Å²) in [4.78, 5) is 10.7. The van der Waals surface area contributed by atoms with Crippen LogP contribution >= 0.6 is 0 Å². The molecule has 0 aliphatic carbocycles. The highest BCUT2D eigenvalue weighted by molar-refractivity contribution is 5.78. The van der Waals surface area contributed by atoms with E-state index in [0.717, 1.165) is 16.5 Å². The highest BCUT2D eigenvalue weighted by atomic mass is 16.3. The van der Waals surface area contributed by atoms with Gasteiger partial charge in [-0.25, -0.2) is 0 Å². The number of nitrogens with one attached hydrogen (secondary N) is 1. The molecule has 2 rings (SSSR count). The van der Waals surface area contributed by atoms with Crippen molar-refractivity contribution in [2.45, 2.75) is 13.5 Å². The van der Waals surface area contributed by atoms with Gasteiger partial charge in [0.05, 0.1) is 6.26 Å². The summed E-state index contributed by atoms with van der Waals surface area (Å²) in [6.45, 7) is 2.08. The van der Waals surface area contributed by atoms with Crippen molar-refractivity contribution in [3.8, 4) is 0 Å². The zero-order chi connectivity index (χ0) is 9.97. The van der Waals surface area contributed by atoms with Crippen molar-refractivity contribution in [1.29, 1.82) is 0 Å². The highest BCUT2D eigenvalue weighted by Gasteiger charge is 1.99. The molecule has 2 aromatic rings. The van der Waals surface area contributed by atoms with Crippen LogP contribution in [0.15, 0.2) is 34.9 Å². The first-order valence-electron chi connectivity index (χ1n) is 4.46. The Labute approximate surface area is 81.7 Å². The Balaban J connectivity index is 2.21. The lowest BCUT2D eigenvalue weighted by molar-refractivity contribution is -0.119. The predicted octanol–water partition coefficient (Wildman–Crippen LogP) is 2.07. The van der Waals surface area contributed by atoms with E-state index in [4.69, 9.17) is 4.42 Å². The molecule has 0 atom stereocenters. The van der Waals surface area contributed by atoms with Gasteiger partial charge in [0.15, 0.2) is 0 Å². The number of furan rings is 1. The Bertz CT molecular complexity index is 459. The van der Waals surface area contributed by atoms with E-state index in [2.05, 4.69) is 5.32 Å². The monoisotopic (exact) mass is 189 g/mol. The molecule has 72 valence electrons. The SMILES string of the molecule is CC(=O)NCc1ccc2occc2c1. The summed E-state index contributed by atoms with van der Waals surface area (Å²) in [6.07, 6.45) is 1.66. The number of benzene rings is 1. The third-order valence-electron chi connectivity index (χ3n) is 2.06. The first-order valence-corrected chi connectivity index (χ1v) is 4.46. The molecular formula is C11H11NO2. The average Bonchev–Trinajstić information content (AvgIpc) is 2.61. The summed E-state index contributed by atoms with van der Waals surface area (Å²) in [7, 11) is 0. The summed E-state index contributed by atoms with van der Waals surface area (Å²) >= 11 is 0. The van der Waals surface area contributed by atoms with Crippen LogP contribution in [0.2, 0.25) is 0 Å². The van der Waals surface area contributed by atoms with Crippen LogP contribution in [0, 0.1) is 0 Å². The molecule has 1 aromatic heterocycles. The van der Waals surface area contributed by atoms with E-state index >= 15 is 0 Å². The summed E-state index contributed by atoms with van der Waals surface area (Å²) in [5.74, 6) is -0.0164. The van der Waals surface area contributed by atoms with Crippen molar-refractivity contribution in [2.75, 3.05) is 0 Å². The maximum absolute atomic E-state index is 10.7. The second kappa shape index (κ2) is 3.54. The van der Waals surface area contributed by atoms with Crippen LogP contribution in [0.25, 0.3) is 11.0 Å². The molecule has 1 N–H and O–H groups in total. The number of carbonyl (C=O) groups excluding carboxylic acids is 1. The summed E-state index contributed by atoms with van der Waals surface area (Å²) < 4.78 is 5.21. The molecule has 0 radical (unpaired) electrons. The largest absolute Gasteiger partial charge is 0.464 e. The van der Waals surface area contributed by atoms with Crippen molar-refractivity contribution in [3.63, 3.8) is 0 Å². The van der Waals surface area contributed by atoms with Crippen LogP contribution in [-0.2, 0) is 11.3 Å². The van der Waals surface area contributed by atoms with Gasteiger partial charge in [0.25, 0.3) is 0 Å². The molecule has 0 aliphatic heterocycles. The van der Waals surface area contributed by atoms with Crippen molar-refractivity contribution < 1.29 is 9.21 Å². The van der Waals surface area contributed by atoms with E-state index in [9.17, 15) is 4.79 Å². The Hall–Kier alpha value is -1.77. The van der Waals surface area contributed by atoms with E-state index in [-0.39, 0.29) is 5.91 Å². The Morgan fingerprint density at radius 3 is 3.07 bits per heavy atom. The van der Waals surface area contributed by atoms with Crippen molar-refractivity contribution in [1.82, 2.24) is 5.32 Å². The lowest BCUT2D eigenvalue weighted by atomic mass is 10.1. The Morgan fingerprint density at radius 2 is 2.29 bits per heavy atom. The van der Waals surface area contributed by atoms with Gasteiger partial charge in [-0.15, -0.1) is 0 Å². The second-order valence-electron chi connectivity index (χ2n) is 3.20. The molecule has 3 nitrogen and oxygen atoms in total. The number of hydrogen-bond acceptors (Lipinski definition) is 2. The van der Waals surface area contributed by atoms with Crippen LogP contribution in [-0.4, -0.2) is 5.91 Å². The molecule has 0 saturated carbocycles. The quantitative estimate of drug-likeness (QED) is 0.785. The average molecular weight is 189 g/mol. The molecule has 3 heteroatoms. The standard InChI is InChI=1S/C11H11NO2/c1-8(13)12-7-9-2-3-11-10(6-9)4-5-14-11/h2-6H,7H2,1H3,(H,12,13). The third kappa shape index (κ3) is 1.76. The van der Waals surface area contributed by atoms with E-state index in [1.165, 1.54) is 6.92 Å². The third-order valence-corrected chi connectivity index (χ3v) is 2.06. The fraction of sp³-hybridized carbons (Fsp3) is 0.182. The molecule has 0 spiro atoms. The molecule has 1 heterocycles. The van der Waals surface area contributed by atoms with Crippen LogP contribution < -0.4 is 5.32 Å². The first kappa shape index (κ1) is 8.81. The first-order chi connectivity index (χ1) is 6.75. The lowest BCUT2D eigenvalue weighted by Gasteiger charge is -2.01. The van der Waals surface area contributed by atoms with Crippen molar-refractivity contribution in [2.24, 2.45) is 0 Å². The Morgan fingerprint density at radius 1 is 1.43 bits per heavy atom. The number of hydrogen-bond donors (Lipinski definition) is 1. The van der Waals surface area contributed by atoms with Crippen molar-refractivity contribution >= 4 is 16.9 Å². The van der Waals surface area contributed by atoms with Gasteiger partial charge < -0.3 is 9.73 Å². The molecule has 0 fully saturated rings. The summed E-state index contributed by atoms with van der Waals surface area (Å²) in [5, 5.41) is 3.81. The maximum atomic E-state index is 10.7. The van der Waals surface area contributed by atoms with Gasteiger partial charge in [-0.3, -0.25) is 4.79 Å². The second-order valence-corrected chi connectivity index (χ2v) is 3.20. The van der Waals surface area contributed by atoms with Crippen molar-refractivity contribution in [3.05, 3.63) is 36.1 Å². The topological polar surface area (TPSA) is 42.2 Å². The molecular weight excluding hydrogens is 178 g/mol. The maximum Gasteiger partial charge on any atom is 0.217 e. The van der Waals surface area contributed by atoms with Gasteiger partial charge in [-0.2, -0.15) is 0 Å². The normalized spacial score (nSPS) is 10.4. The van der Waals surface area contributed by atoms with Gasteiger partial charge in [0.2, 0.25) is 5.91 Å². The van der Waals surface area contributed by atoms with Crippen LogP contribution in [0.5, 0.6) is 0 Å². The molecule has 1 amide bonds. The summed E-state index contributed by atoms with van der Waals surface area (Å²) in [5.41, 5.74) is 1.95. The predicted molar refractivity (Wildman–Crippen MR) is 53.7 cm³/mol. The number of carbonyl (C=O) groups is 1. The molecule has 0 bridgehead atoms. The minimum absolute atomic E-state index is 0.0164. The van der Waals surface area contributed by atoms with Crippen LogP contribution in [0.3, 0.4) is 0 Å². The highest BCUT2D eigenvalue weighted by Crippen LogP contribution is 2.16. The molecule has 0 unspecified atom stereocenters. The van der Waals surface area contributed by atoms with Crippen LogP contribution in [0.4, 0.5) is 0 Å². The van der Waals surface area contributed by atoms with Gasteiger partial charge in [-0.05, 0) is 23.8 Å². The smallest absolute Gasteiger partial charge is 0.217 e. The zero-order valence-electron chi connectivity index (χ0n) is 7.91. The molecule has 1 aromatic carbocycles. The minimum Gasteiger partial charge on any atom is -0.464 e. The van der Waals surface area contributed by atoms with Gasteiger partial charge in [-0.1, -0.05) is 6.07 Å². The van der Waals surface area contributed by atoms with E-state index in [1.807, 2.05) is 24.3 Å². The molecule has 0 aliphatic rings. The number of rotatable bonds is 2. The fourth-order valence-electron chi connectivity index (χ4n) is 1.35. The van der Waals surface area contributed by atoms with E-state index in [1.54, 1.807) is 6.26 Å². The van der Waals surface area contributed by atoms with Crippen LogP contribution in [0.1, 0.15) is 12.5 Å².